The van der Waals surface area contributed by atoms with Crippen molar-refractivity contribution in [3.05, 3.63) is 18.5 Å². The van der Waals surface area contributed by atoms with Crippen molar-refractivity contribution in [2.45, 2.75) is 11.5 Å². The lowest BCUT2D eigenvalue weighted by Crippen LogP contribution is -2.02. The van der Waals surface area contributed by atoms with E-state index in [0.29, 0.717) is 0 Å². The van der Waals surface area contributed by atoms with Crippen LogP contribution in [0, 0.1) is 0 Å². The molecule has 1 heterocycles. The fourth-order valence-electron chi connectivity index (χ4n) is 0.662. The Morgan fingerprint density at radius 3 is 2.77 bits per heavy atom. The van der Waals surface area contributed by atoms with Crippen LogP contribution in [0.25, 0.3) is 0 Å². The molecule has 7 heteroatoms. The molecular weight excluding hydrogens is 204 g/mol. The van der Waals surface area contributed by atoms with E-state index < -0.39 is 17.7 Å². The number of halogens is 2. The zero-order valence-electron chi connectivity index (χ0n) is 6.18. The molecule has 1 aromatic heterocycles. The number of alkyl halides is 2. The number of ether oxygens (including phenoxy) is 1. The monoisotopic (exact) mass is 209 g/mol. The van der Waals surface area contributed by atoms with Gasteiger partial charge in [0, 0.05) is 12.3 Å². The van der Waals surface area contributed by atoms with Gasteiger partial charge in [0.15, 0.2) is 11.1 Å². The van der Waals surface area contributed by atoms with Crippen molar-refractivity contribution in [2.24, 2.45) is 0 Å². The summed E-state index contributed by atoms with van der Waals surface area (Å²) in [5, 5.41) is 0. The zero-order chi connectivity index (χ0) is 9.84. The van der Waals surface area contributed by atoms with Crippen molar-refractivity contribution in [2.75, 3.05) is 0 Å². The molecule has 0 saturated heterocycles. The maximum Gasteiger partial charge on any atom is 0.387 e. The molecule has 0 radical (unpaired) electrons. The van der Waals surface area contributed by atoms with Crippen LogP contribution >= 0.6 is 0 Å². The highest BCUT2D eigenvalue weighted by Crippen LogP contribution is 2.15. The van der Waals surface area contributed by atoms with E-state index in [4.69, 9.17) is 4.55 Å². The summed E-state index contributed by atoms with van der Waals surface area (Å²) < 4.78 is 46.3. The van der Waals surface area contributed by atoms with Gasteiger partial charge in [-0.25, -0.2) is 4.21 Å². The molecule has 1 N–H and O–H groups in total. The quantitative estimate of drug-likeness (QED) is 0.761. The van der Waals surface area contributed by atoms with Crippen LogP contribution in [0.5, 0.6) is 5.75 Å². The van der Waals surface area contributed by atoms with Gasteiger partial charge in [-0.3, -0.25) is 4.98 Å². The van der Waals surface area contributed by atoms with Gasteiger partial charge in [-0.1, -0.05) is 0 Å². The predicted octanol–water partition coefficient (Wildman–Crippen LogP) is 1.26. The molecule has 0 aromatic carbocycles. The first-order chi connectivity index (χ1) is 6.09. The van der Waals surface area contributed by atoms with Crippen molar-refractivity contribution >= 4 is 11.1 Å². The Labute approximate surface area is 74.8 Å². The lowest BCUT2D eigenvalue weighted by molar-refractivity contribution is -0.0502. The molecule has 0 aliphatic carbocycles. The average Bonchev–Trinajstić information content (AvgIpc) is 2.03. The van der Waals surface area contributed by atoms with Gasteiger partial charge in [0.1, 0.15) is 5.75 Å². The van der Waals surface area contributed by atoms with Gasteiger partial charge in [0.25, 0.3) is 0 Å². The van der Waals surface area contributed by atoms with Crippen molar-refractivity contribution in [3.8, 4) is 5.75 Å². The van der Waals surface area contributed by atoms with Crippen molar-refractivity contribution in [1.29, 1.82) is 0 Å². The first kappa shape index (κ1) is 10.0. The van der Waals surface area contributed by atoms with Gasteiger partial charge in [0.2, 0.25) is 0 Å². The Bertz CT molecular complexity index is 321. The summed E-state index contributed by atoms with van der Waals surface area (Å²) >= 11 is -2.24. The van der Waals surface area contributed by atoms with E-state index in [1.54, 1.807) is 0 Å². The van der Waals surface area contributed by atoms with Gasteiger partial charge < -0.3 is 9.29 Å². The number of nitrogens with zero attached hydrogens (tertiary/aromatic N) is 1. The minimum atomic E-state index is -2.97. The van der Waals surface area contributed by atoms with Crippen molar-refractivity contribution in [1.82, 2.24) is 4.98 Å². The molecule has 1 aromatic rings. The maximum absolute atomic E-state index is 11.7. The van der Waals surface area contributed by atoms with Gasteiger partial charge in [0.05, 0.1) is 11.1 Å². The Morgan fingerprint density at radius 1 is 1.54 bits per heavy atom. The van der Waals surface area contributed by atoms with Crippen LogP contribution in [0.1, 0.15) is 0 Å². The Balaban J connectivity index is 2.85. The van der Waals surface area contributed by atoms with E-state index in [1.807, 2.05) is 0 Å². The molecule has 0 aliphatic rings. The Morgan fingerprint density at radius 2 is 2.23 bits per heavy atom. The molecule has 0 spiro atoms. The van der Waals surface area contributed by atoms with E-state index in [1.165, 1.54) is 0 Å². The fraction of sp³-hybridized carbons (Fsp3) is 0.167. The van der Waals surface area contributed by atoms with Crippen LogP contribution < -0.4 is 4.74 Å². The molecule has 0 saturated carbocycles. The highest BCUT2D eigenvalue weighted by molar-refractivity contribution is 7.79. The van der Waals surface area contributed by atoms with Gasteiger partial charge in [-0.2, -0.15) is 8.78 Å². The lowest BCUT2D eigenvalue weighted by atomic mass is 10.5. The molecule has 1 rings (SSSR count). The van der Waals surface area contributed by atoms with E-state index in [2.05, 4.69) is 9.72 Å². The summed E-state index contributed by atoms with van der Waals surface area (Å²) in [4.78, 5) is 3.36. The normalized spacial score (nSPS) is 12.9. The van der Waals surface area contributed by atoms with Crippen LogP contribution in [-0.2, 0) is 11.1 Å². The number of hydrogen-bond acceptors (Lipinski definition) is 3. The second-order valence-corrected chi connectivity index (χ2v) is 2.95. The van der Waals surface area contributed by atoms with Crippen LogP contribution in [0.4, 0.5) is 8.78 Å². The molecule has 0 aliphatic heterocycles. The molecule has 1 atom stereocenters. The second-order valence-electron chi connectivity index (χ2n) is 1.98. The zero-order valence-corrected chi connectivity index (χ0v) is 7.00. The van der Waals surface area contributed by atoms with Crippen LogP contribution in [-0.4, -0.2) is 20.4 Å². The minimum absolute atomic E-state index is 0.0850. The molecule has 0 amide bonds. The van der Waals surface area contributed by atoms with Gasteiger partial charge in [-0.15, -0.1) is 0 Å². The standard InChI is InChI=1S/C6H5F2NO3S/c7-6(8)12-4-1-5(13(10)11)3-9-2-4/h1-3,6H,(H,10,11). The topological polar surface area (TPSA) is 59.4 Å². The minimum Gasteiger partial charge on any atom is -0.433 e. The summed E-state index contributed by atoms with van der Waals surface area (Å²) in [7, 11) is 0. The Kier molecular flexibility index (Phi) is 3.26. The second kappa shape index (κ2) is 4.24. The number of pyridine rings is 1. The predicted molar refractivity (Wildman–Crippen MR) is 39.9 cm³/mol. The summed E-state index contributed by atoms with van der Waals surface area (Å²) in [6.07, 6.45) is 2.12. The fourth-order valence-corrected chi connectivity index (χ4v) is 1.03. The van der Waals surface area contributed by atoms with E-state index in [-0.39, 0.29) is 10.6 Å². The first-order valence-corrected chi connectivity index (χ1v) is 4.21. The molecule has 0 fully saturated rings. The molecule has 13 heavy (non-hydrogen) atoms. The first-order valence-electron chi connectivity index (χ1n) is 3.10. The molecule has 4 nitrogen and oxygen atoms in total. The van der Waals surface area contributed by atoms with Crippen LogP contribution in [0.15, 0.2) is 23.4 Å². The van der Waals surface area contributed by atoms with Gasteiger partial charge in [-0.05, 0) is 0 Å². The molecule has 72 valence electrons. The summed E-state index contributed by atoms with van der Waals surface area (Å²) in [5.41, 5.74) is 0. The summed E-state index contributed by atoms with van der Waals surface area (Å²) in [6, 6.07) is 1.02. The number of rotatable bonds is 3. The molecule has 1 unspecified atom stereocenters. The smallest absolute Gasteiger partial charge is 0.387 e. The molecule has 0 bridgehead atoms. The average molecular weight is 209 g/mol. The lowest BCUT2D eigenvalue weighted by Gasteiger charge is -2.03. The summed E-state index contributed by atoms with van der Waals surface area (Å²) in [5.74, 6) is -0.241. The Hall–Kier alpha value is -1.08. The van der Waals surface area contributed by atoms with E-state index in [9.17, 15) is 13.0 Å². The summed E-state index contributed by atoms with van der Waals surface area (Å²) in [6.45, 7) is -2.97. The molecular formula is C6H5F2NO3S. The number of aromatic nitrogens is 1. The number of hydrogen-bond donors (Lipinski definition) is 1. The largest absolute Gasteiger partial charge is 0.433 e. The highest BCUT2D eigenvalue weighted by Gasteiger charge is 2.07. The highest BCUT2D eigenvalue weighted by atomic mass is 32.2. The van der Waals surface area contributed by atoms with Crippen molar-refractivity contribution < 1.29 is 22.3 Å². The van der Waals surface area contributed by atoms with E-state index >= 15 is 0 Å². The van der Waals surface area contributed by atoms with Crippen molar-refractivity contribution in [3.63, 3.8) is 0 Å². The third-order valence-electron chi connectivity index (χ3n) is 1.11. The van der Waals surface area contributed by atoms with E-state index in [0.717, 1.165) is 18.5 Å². The third-order valence-corrected chi connectivity index (χ3v) is 1.74. The van der Waals surface area contributed by atoms with Gasteiger partial charge >= 0.3 is 6.61 Å². The maximum atomic E-state index is 11.7. The van der Waals surface area contributed by atoms with Crippen LogP contribution in [0.3, 0.4) is 0 Å². The van der Waals surface area contributed by atoms with Crippen LogP contribution in [0.2, 0.25) is 0 Å². The third kappa shape index (κ3) is 3.03. The SMILES string of the molecule is O=S(O)c1cncc(OC(F)F)c1.